The van der Waals surface area contributed by atoms with Crippen LogP contribution < -0.4 is 5.32 Å². The lowest BCUT2D eigenvalue weighted by Crippen LogP contribution is -2.53. The molecule has 0 radical (unpaired) electrons. The van der Waals surface area contributed by atoms with Gasteiger partial charge in [-0.1, -0.05) is 6.92 Å². The summed E-state index contributed by atoms with van der Waals surface area (Å²) in [6, 6.07) is -0.782. The third-order valence-corrected chi connectivity index (χ3v) is 5.97. The lowest BCUT2D eigenvalue weighted by molar-refractivity contribution is -0.141. The van der Waals surface area contributed by atoms with Crippen LogP contribution in [0.25, 0.3) is 0 Å². The van der Waals surface area contributed by atoms with Gasteiger partial charge in [0.15, 0.2) is 0 Å². The Hall–Kier alpha value is -0.560. The van der Waals surface area contributed by atoms with Gasteiger partial charge in [-0.15, -0.1) is 11.8 Å². The number of amides is 2. The van der Waals surface area contributed by atoms with E-state index in [4.69, 9.17) is 0 Å². The van der Waals surface area contributed by atoms with Gasteiger partial charge in [0.1, 0.15) is 6.04 Å². The first-order valence-electron chi connectivity index (χ1n) is 7.00. The smallest absolute Gasteiger partial charge is 0.327 e. The molecule has 2 rings (SSSR count). The van der Waals surface area contributed by atoms with Crippen LogP contribution in [0.3, 0.4) is 0 Å². The molecule has 0 aromatic carbocycles. The average Bonchev–Trinajstić information content (AvgIpc) is 3.16. The molecule has 1 saturated carbocycles. The van der Waals surface area contributed by atoms with E-state index in [0.29, 0.717) is 11.7 Å². The van der Waals surface area contributed by atoms with E-state index < -0.39 is 12.0 Å². The molecule has 2 amide bonds. The van der Waals surface area contributed by atoms with Crippen LogP contribution in [0.15, 0.2) is 0 Å². The van der Waals surface area contributed by atoms with E-state index in [1.807, 2.05) is 13.2 Å². The normalized spacial score (nSPS) is 27.4. The molecule has 7 heteroatoms. The quantitative estimate of drug-likeness (QED) is 0.784. The van der Waals surface area contributed by atoms with Crippen LogP contribution >= 0.6 is 23.5 Å². The van der Waals surface area contributed by atoms with Crippen molar-refractivity contribution in [1.29, 1.82) is 0 Å². The summed E-state index contributed by atoms with van der Waals surface area (Å²) >= 11 is 3.30. The van der Waals surface area contributed by atoms with Gasteiger partial charge >= 0.3 is 12.0 Å². The Morgan fingerprint density at radius 1 is 1.50 bits per heavy atom. The number of carbonyl (C=O) groups is 2. The summed E-state index contributed by atoms with van der Waals surface area (Å²) < 4.78 is 0. The second-order valence-electron chi connectivity index (χ2n) is 5.33. The number of thioether (sulfide) groups is 2. The first kappa shape index (κ1) is 15.8. The summed E-state index contributed by atoms with van der Waals surface area (Å²) in [5.74, 6) is 0.947. The lowest BCUT2D eigenvalue weighted by Gasteiger charge is -2.29. The lowest BCUT2D eigenvalue weighted by atomic mass is 10.2. The monoisotopic (exact) mass is 318 g/mol. The van der Waals surface area contributed by atoms with Crippen LogP contribution in [0.4, 0.5) is 4.79 Å². The number of carboxylic acids is 1. The predicted molar refractivity (Wildman–Crippen MR) is 83.2 cm³/mol. The van der Waals surface area contributed by atoms with E-state index in [1.165, 1.54) is 0 Å². The largest absolute Gasteiger partial charge is 0.480 e. The maximum absolute atomic E-state index is 12.5. The fourth-order valence-corrected chi connectivity index (χ4v) is 4.78. The summed E-state index contributed by atoms with van der Waals surface area (Å²) in [4.78, 5) is 25.4. The van der Waals surface area contributed by atoms with Crippen LogP contribution in [0.5, 0.6) is 0 Å². The molecule has 3 unspecified atom stereocenters. The van der Waals surface area contributed by atoms with E-state index in [1.54, 1.807) is 28.4 Å². The number of carbonyl (C=O) groups excluding carboxylic acids is 1. The second kappa shape index (κ2) is 6.93. The van der Waals surface area contributed by atoms with Gasteiger partial charge < -0.3 is 10.4 Å². The van der Waals surface area contributed by atoms with Crippen molar-refractivity contribution in [2.24, 2.45) is 5.92 Å². The Morgan fingerprint density at radius 2 is 2.20 bits per heavy atom. The van der Waals surface area contributed by atoms with Gasteiger partial charge in [-0.25, -0.2) is 9.59 Å². The molecule has 2 N–H and O–H groups in total. The fraction of sp³-hybridized carbons (Fsp3) is 0.846. The Morgan fingerprint density at radius 3 is 2.70 bits per heavy atom. The first-order chi connectivity index (χ1) is 9.58. The van der Waals surface area contributed by atoms with Crippen LogP contribution in [-0.4, -0.2) is 57.2 Å². The highest BCUT2D eigenvalue weighted by molar-refractivity contribution is 8.00. The molecule has 5 nitrogen and oxygen atoms in total. The Bertz CT molecular complexity index is 377. The zero-order valence-electron chi connectivity index (χ0n) is 11.9. The van der Waals surface area contributed by atoms with Gasteiger partial charge in [0.05, 0.1) is 5.37 Å². The molecule has 1 aliphatic carbocycles. The topological polar surface area (TPSA) is 69.6 Å². The molecule has 1 heterocycles. The molecule has 3 atom stereocenters. The Balaban J connectivity index is 2.04. The molecule has 0 aromatic heterocycles. The van der Waals surface area contributed by atoms with Gasteiger partial charge in [0.25, 0.3) is 0 Å². The van der Waals surface area contributed by atoms with Crippen LogP contribution in [0.2, 0.25) is 0 Å². The van der Waals surface area contributed by atoms with Gasteiger partial charge in [-0.3, -0.25) is 4.90 Å². The number of nitrogens with zero attached hydrogens (tertiary/aromatic N) is 1. The molecule has 0 spiro atoms. The van der Waals surface area contributed by atoms with Gasteiger partial charge in [0.2, 0.25) is 0 Å². The summed E-state index contributed by atoms with van der Waals surface area (Å²) in [5, 5.41) is 12.3. The second-order valence-corrected chi connectivity index (χ2v) is 7.39. The minimum atomic E-state index is -0.895. The number of hydrogen-bond donors (Lipinski definition) is 2. The number of nitrogens with one attached hydrogen (secondary N) is 1. The number of urea groups is 1. The first-order valence-corrected chi connectivity index (χ1v) is 9.44. The number of rotatable bonds is 6. The molecule has 0 bridgehead atoms. The summed E-state index contributed by atoms with van der Waals surface area (Å²) in [7, 11) is 0. The molecule has 2 fully saturated rings. The summed E-state index contributed by atoms with van der Waals surface area (Å²) in [5.41, 5.74) is 0. The van der Waals surface area contributed by atoms with E-state index in [-0.39, 0.29) is 17.4 Å². The molecule has 1 saturated heterocycles. The van der Waals surface area contributed by atoms with Crippen molar-refractivity contribution >= 4 is 35.5 Å². The van der Waals surface area contributed by atoms with Crippen LogP contribution in [0.1, 0.15) is 26.2 Å². The molecule has 2 aliphatic rings. The predicted octanol–water partition coefficient (Wildman–Crippen LogP) is 2.08. The highest BCUT2D eigenvalue weighted by Crippen LogP contribution is 2.45. The minimum absolute atomic E-state index is 0.0443. The van der Waals surface area contributed by atoms with Crippen molar-refractivity contribution in [2.45, 2.75) is 43.6 Å². The molecule has 114 valence electrons. The number of hydrogen-bond acceptors (Lipinski definition) is 4. The minimum Gasteiger partial charge on any atom is -0.480 e. The van der Waals surface area contributed by atoms with E-state index in [2.05, 4.69) is 5.32 Å². The molecule has 0 aromatic rings. The number of aliphatic carboxylic acids is 1. The number of carboxylic acid groups (broad SMARTS) is 1. The maximum atomic E-state index is 12.5. The highest BCUT2D eigenvalue weighted by atomic mass is 32.2. The summed E-state index contributed by atoms with van der Waals surface area (Å²) in [6.45, 7) is 2.03. The molecular weight excluding hydrogens is 296 g/mol. The van der Waals surface area contributed by atoms with E-state index in [9.17, 15) is 14.7 Å². The Labute approximate surface area is 128 Å². The van der Waals surface area contributed by atoms with Gasteiger partial charge in [0, 0.05) is 17.5 Å². The fourth-order valence-electron chi connectivity index (χ4n) is 2.43. The van der Waals surface area contributed by atoms with Crippen LogP contribution in [-0.2, 0) is 4.79 Å². The van der Waals surface area contributed by atoms with Crippen molar-refractivity contribution in [1.82, 2.24) is 10.2 Å². The van der Waals surface area contributed by atoms with Gasteiger partial charge in [-0.05, 0) is 31.4 Å². The van der Waals surface area contributed by atoms with Crippen molar-refractivity contribution in [3.63, 3.8) is 0 Å². The van der Waals surface area contributed by atoms with E-state index >= 15 is 0 Å². The molecule has 1 aliphatic heterocycles. The standard InChI is InChI=1S/C13H22N2O3S2/c1-3-9(6-19-2)14-13(18)15-10(12(16)17)7-20-11(15)8-4-5-8/h8-11H,3-7H2,1-2H3,(H,14,18)(H,16,17). The van der Waals surface area contributed by atoms with Crippen molar-refractivity contribution in [3.05, 3.63) is 0 Å². The molecule has 20 heavy (non-hydrogen) atoms. The van der Waals surface area contributed by atoms with Gasteiger partial charge in [-0.2, -0.15) is 11.8 Å². The zero-order chi connectivity index (χ0) is 14.7. The molecular formula is C13H22N2O3S2. The Kier molecular flexibility index (Phi) is 5.49. The third kappa shape index (κ3) is 3.55. The van der Waals surface area contributed by atoms with Crippen molar-refractivity contribution in [3.8, 4) is 0 Å². The highest BCUT2D eigenvalue weighted by Gasteiger charge is 2.48. The van der Waals surface area contributed by atoms with Crippen molar-refractivity contribution < 1.29 is 14.7 Å². The zero-order valence-corrected chi connectivity index (χ0v) is 13.5. The van der Waals surface area contributed by atoms with Crippen molar-refractivity contribution in [2.75, 3.05) is 17.8 Å². The van der Waals surface area contributed by atoms with E-state index in [0.717, 1.165) is 25.0 Å². The van der Waals surface area contributed by atoms with Crippen LogP contribution in [0, 0.1) is 5.92 Å². The average molecular weight is 318 g/mol. The maximum Gasteiger partial charge on any atom is 0.327 e. The SMILES string of the molecule is CCC(CSC)NC(=O)N1C(C(=O)O)CSC1C1CC1. The summed E-state index contributed by atoms with van der Waals surface area (Å²) in [6.07, 6.45) is 5.08. The third-order valence-electron chi connectivity index (χ3n) is 3.77.